The Balaban J connectivity index is 1.50. The lowest BCUT2D eigenvalue weighted by Gasteiger charge is -2.34. The van der Waals surface area contributed by atoms with Crippen LogP contribution in [0.2, 0.25) is 0 Å². The summed E-state index contributed by atoms with van der Waals surface area (Å²) in [6.07, 6.45) is 1.94. The smallest absolute Gasteiger partial charge is 0.237 e. The lowest BCUT2D eigenvalue weighted by molar-refractivity contribution is -0.129. The van der Waals surface area contributed by atoms with Gasteiger partial charge in [-0.1, -0.05) is 35.0 Å². The molecule has 0 unspecified atom stereocenters. The van der Waals surface area contributed by atoms with Crippen LogP contribution in [0.5, 0.6) is 0 Å². The summed E-state index contributed by atoms with van der Waals surface area (Å²) in [4.78, 5) is 19.0. The van der Waals surface area contributed by atoms with Gasteiger partial charge in [-0.25, -0.2) is 0 Å². The van der Waals surface area contributed by atoms with Gasteiger partial charge in [-0.15, -0.1) is 5.10 Å². The molecule has 2 aromatic heterocycles. The van der Waals surface area contributed by atoms with Crippen LogP contribution in [0.15, 0.2) is 47.1 Å². The predicted molar refractivity (Wildman–Crippen MR) is 97.4 cm³/mol. The zero-order chi connectivity index (χ0) is 18.6. The number of nitrogens with zero attached hydrogens (tertiary/aromatic N) is 5. The van der Waals surface area contributed by atoms with E-state index < -0.39 is 0 Å². The molecule has 27 heavy (non-hydrogen) atoms. The first-order valence-electron chi connectivity index (χ1n) is 8.87. The molecule has 3 heterocycles. The fourth-order valence-corrected chi connectivity index (χ4v) is 3.13. The third-order valence-electron chi connectivity index (χ3n) is 4.59. The number of carbonyl (C=O) groups excluding carboxylic acids is 1. The van der Waals surface area contributed by atoms with Crippen molar-refractivity contribution in [2.75, 3.05) is 13.1 Å². The number of piperazine rings is 1. The quantitative estimate of drug-likeness (QED) is 0.730. The van der Waals surface area contributed by atoms with Crippen molar-refractivity contribution in [2.45, 2.75) is 25.9 Å². The average molecular weight is 364 g/mol. The van der Waals surface area contributed by atoms with Crippen molar-refractivity contribution >= 4 is 5.91 Å². The van der Waals surface area contributed by atoms with Gasteiger partial charge < -0.3 is 9.84 Å². The molecule has 8 heteroatoms. The number of rotatable bonds is 5. The molecule has 138 valence electrons. The van der Waals surface area contributed by atoms with E-state index in [1.807, 2.05) is 0 Å². The van der Waals surface area contributed by atoms with Gasteiger partial charge >= 0.3 is 0 Å². The van der Waals surface area contributed by atoms with Crippen molar-refractivity contribution in [3.63, 3.8) is 0 Å². The van der Waals surface area contributed by atoms with Crippen LogP contribution in [0.25, 0.3) is 11.5 Å². The average Bonchev–Trinajstić information content (AvgIpc) is 3.16. The Morgan fingerprint density at radius 3 is 2.89 bits per heavy atom. The van der Waals surface area contributed by atoms with E-state index in [2.05, 4.69) is 61.7 Å². The predicted octanol–water partition coefficient (Wildman–Crippen LogP) is 1.38. The summed E-state index contributed by atoms with van der Waals surface area (Å²) >= 11 is 0. The largest absolute Gasteiger partial charge is 0.353 e. The SMILES string of the molecule is Cc1ccc(CN2CCNC(=O)[C@H]2Cc2nc(-c3cccnn3)no2)cc1. The normalized spacial score (nSPS) is 17.7. The minimum absolute atomic E-state index is 0.0207. The molecule has 1 aromatic carbocycles. The summed E-state index contributed by atoms with van der Waals surface area (Å²) in [5.41, 5.74) is 2.93. The minimum Gasteiger partial charge on any atom is -0.353 e. The summed E-state index contributed by atoms with van der Waals surface area (Å²) in [5, 5.41) is 14.7. The molecule has 3 aromatic rings. The molecule has 1 N–H and O–H groups in total. The van der Waals surface area contributed by atoms with Gasteiger partial charge in [0.15, 0.2) is 0 Å². The van der Waals surface area contributed by atoms with E-state index in [9.17, 15) is 4.79 Å². The molecule has 0 aliphatic carbocycles. The maximum atomic E-state index is 12.5. The van der Waals surface area contributed by atoms with Crippen LogP contribution in [0.4, 0.5) is 0 Å². The maximum Gasteiger partial charge on any atom is 0.237 e. The van der Waals surface area contributed by atoms with E-state index >= 15 is 0 Å². The van der Waals surface area contributed by atoms with Crippen molar-refractivity contribution in [2.24, 2.45) is 0 Å². The maximum absolute atomic E-state index is 12.5. The van der Waals surface area contributed by atoms with Crippen LogP contribution >= 0.6 is 0 Å². The Hall–Kier alpha value is -3.13. The molecule has 4 rings (SSSR count). The molecule has 0 bridgehead atoms. The van der Waals surface area contributed by atoms with Gasteiger partial charge in [-0.2, -0.15) is 10.1 Å². The van der Waals surface area contributed by atoms with Gasteiger partial charge in [0.1, 0.15) is 5.69 Å². The van der Waals surface area contributed by atoms with Gasteiger partial charge in [0.2, 0.25) is 17.6 Å². The molecule has 0 radical (unpaired) electrons. The van der Waals surface area contributed by atoms with E-state index in [1.165, 1.54) is 11.1 Å². The van der Waals surface area contributed by atoms with Gasteiger partial charge in [0.25, 0.3) is 0 Å². The molecule has 0 spiro atoms. The molecule has 8 nitrogen and oxygen atoms in total. The molecule has 0 saturated carbocycles. The Bertz CT molecular complexity index is 909. The third-order valence-corrected chi connectivity index (χ3v) is 4.59. The number of carbonyl (C=O) groups is 1. The highest BCUT2D eigenvalue weighted by molar-refractivity contribution is 5.82. The van der Waals surface area contributed by atoms with Crippen LogP contribution in [-0.4, -0.2) is 50.3 Å². The number of hydrogen-bond donors (Lipinski definition) is 1. The van der Waals surface area contributed by atoms with Crippen LogP contribution in [0, 0.1) is 6.92 Å². The first-order valence-corrected chi connectivity index (χ1v) is 8.87. The number of benzene rings is 1. The second-order valence-electron chi connectivity index (χ2n) is 6.59. The highest BCUT2D eigenvalue weighted by Crippen LogP contribution is 2.17. The molecule has 1 saturated heterocycles. The Morgan fingerprint density at radius 2 is 2.11 bits per heavy atom. The minimum atomic E-state index is -0.352. The van der Waals surface area contributed by atoms with Crippen molar-refractivity contribution < 1.29 is 9.32 Å². The summed E-state index contributed by atoms with van der Waals surface area (Å²) in [5.74, 6) is 0.763. The molecule has 1 aliphatic rings. The van der Waals surface area contributed by atoms with Crippen LogP contribution in [-0.2, 0) is 17.8 Å². The van der Waals surface area contributed by atoms with Crippen LogP contribution in [0.1, 0.15) is 17.0 Å². The Labute approximate surface area is 156 Å². The summed E-state index contributed by atoms with van der Waals surface area (Å²) in [6.45, 7) is 4.17. The Kier molecular flexibility index (Phi) is 4.88. The van der Waals surface area contributed by atoms with E-state index in [4.69, 9.17) is 4.52 Å². The van der Waals surface area contributed by atoms with Crippen molar-refractivity contribution in [3.8, 4) is 11.5 Å². The molecule has 1 fully saturated rings. The van der Waals surface area contributed by atoms with Crippen molar-refractivity contribution in [1.82, 2.24) is 30.6 Å². The van der Waals surface area contributed by atoms with Gasteiger partial charge in [0, 0.05) is 25.8 Å². The van der Waals surface area contributed by atoms with E-state index in [0.717, 1.165) is 6.54 Å². The summed E-state index contributed by atoms with van der Waals surface area (Å²) in [6, 6.07) is 11.5. The van der Waals surface area contributed by atoms with Crippen LogP contribution in [0.3, 0.4) is 0 Å². The molecular weight excluding hydrogens is 344 g/mol. The number of aromatic nitrogens is 4. The van der Waals surface area contributed by atoms with Crippen molar-refractivity contribution in [1.29, 1.82) is 0 Å². The molecule has 1 aliphatic heterocycles. The van der Waals surface area contributed by atoms with Crippen LogP contribution < -0.4 is 5.32 Å². The first kappa shape index (κ1) is 17.3. The lowest BCUT2D eigenvalue weighted by atomic mass is 10.1. The summed E-state index contributed by atoms with van der Waals surface area (Å²) < 4.78 is 5.35. The van der Waals surface area contributed by atoms with Gasteiger partial charge in [-0.3, -0.25) is 9.69 Å². The number of hydrogen-bond acceptors (Lipinski definition) is 7. The number of amides is 1. The Morgan fingerprint density at radius 1 is 1.26 bits per heavy atom. The first-order chi connectivity index (χ1) is 13.2. The standard InChI is InChI=1S/C19H20N6O2/c1-13-4-6-14(7-5-13)12-25-10-9-20-19(26)16(25)11-17-22-18(24-27-17)15-3-2-8-21-23-15/h2-8,16H,9-12H2,1H3,(H,20,26)/t16-/m1/s1. The van der Waals surface area contributed by atoms with E-state index in [0.29, 0.717) is 36.9 Å². The molecule has 1 amide bonds. The molecule has 1 atom stereocenters. The zero-order valence-corrected chi connectivity index (χ0v) is 15.0. The highest BCUT2D eigenvalue weighted by Gasteiger charge is 2.31. The highest BCUT2D eigenvalue weighted by atomic mass is 16.5. The van der Waals surface area contributed by atoms with E-state index in [-0.39, 0.29) is 11.9 Å². The topological polar surface area (TPSA) is 97.0 Å². The van der Waals surface area contributed by atoms with E-state index in [1.54, 1.807) is 18.3 Å². The van der Waals surface area contributed by atoms with Gasteiger partial charge in [0.05, 0.1) is 12.5 Å². The summed E-state index contributed by atoms with van der Waals surface area (Å²) in [7, 11) is 0. The van der Waals surface area contributed by atoms with Crippen molar-refractivity contribution in [3.05, 3.63) is 59.6 Å². The monoisotopic (exact) mass is 364 g/mol. The third kappa shape index (κ3) is 4.01. The second-order valence-corrected chi connectivity index (χ2v) is 6.59. The number of nitrogens with one attached hydrogen (secondary N) is 1. The fraction of sp³-hybridized carbons (Fsp3) is 0.316. The second kappa shape index (κ2) is 7.63. The van der Waals surface area contributed by atoms with Gasteiger partial charge in [-0.05, 0) is 24.6 Å². The number of aryl methyl sites for hydroxylation is 1. The zero-order valence-electron chi connectivity index (χ0n) is 15.0. The lowest BCUT2D eigenvalue weighted by Crippen LogP contribution is -2.55. The molecular formula is C19H20N6O2. The fourth-order valence-electron chi connectivity index (χ4n) is 3.13.